The molecule has 1 aromatic rings. The number of halogens is 1. The maximum absolute atomic E-state index is 8.66. The van der Waals surface area contributed by atoms with Gasteiger partial charge in [-0.1, -0.05) is 0 Å². The summed E-state index contributed by atoms with van der Waals surface area (Å²) in [5, 5.41) is 8.66. The van der Waals surface area contributed by atoms with E-state index in [1.54, 1.807) is 0 Å². The third kappa shape index (κ3) is 8.27. The second-order valence-corrected chi connectivity index (χ2v) is 7.63. The zero-order chi connectivity index (χ0) is 10.1. The molecule has 1 aromatic carbocycles. The van der Waals surface area contributed by atoms with Crippen molar-refractivity contribution in [3.05, 3.63) is 58.7 Å². The molecular weight excluding hydrogens is 525 g/mol. The van der Waals surface area contributed by atoms with Gasteiger partial charge in [0.2, 0.25) is 0 Å². The van der Waals surface area contributed by atoms with Gasteiger partial charge in [-0.05, 0) is 0 Å². The SMILES string of the molecule is OCI1C=C[C-]=CC1.[U+2].[c-]1ccccc1. The molecule has 1 aliphatic rings. The predicted octanol–water partition coefficient (Wildman–Crippen LogP) is 2.82. The standard InChI is InChI=1S/C6H8IO.C6H5.U/c8-6-7-4-2-1-3-5-7;1-2-4-6-5-3-1;/h2-4,8H,5-6H2;1-5H;/q2*-1;+2. The maximum atomic E-state index is 8.66. The first-order valence-corrected chi connectivity index (χ1v) is 8.60. The molecule has 0 fully saturated rings. The van der Waals surface area contributed by atoms with E-state index >= 15 is 0 Å². The molecule has 0 aliphatic carbocycles. The summed E-state index contributed by atoms with van der Waals surface area (Å²) >= 11 is -1.00. The van der Waals surface area contributed by atoms with Gasteiger partial charge in [0.05, 0.1) is 0 Å². The van der Waals surface area contributed by atoms with Crippen LogP contribution < -0.4 is 0 Å². The molecule has 0 bridgehead atoms. The Kier molecular flexibility index (Phi) is 11.3. The fourth-order valence-electron chi connectivity index (χ4n) is 0.819. The fourth-order valence-corrected chi connectivity index (χ4v) is 3.15. The Hall–Kier alpha value is 0.442. The number of allylic oxidation sites excluding steroid dienone is 3. The largest absolute Gasteiger partial charge is 2.00 e. The van der Waals surface area contributed by atoms with Gasteiger partial charge in [0.25, 0.3) is 0 Å². The van der Waals surface area contributed by atoms with Gasteiger partial charge in [-0.25, -0.2) is 0 Å². The molecule has 0 saturated heterocycles. The topological polar surface area (TPSA) is 20.2 Å². The van der Waals surface area contributed by atoms with E-state index in [1.165, 1.54) is 0 Å². The van der Waals surface area contributed by atoms with Crippen LogP contribution in [-0.2, 0) is 0 Å². The van der Waals surface area contributed by atoms with E-state index in [4.69, 9.17) is 5.11 Å². The van der Waals surface area contributed by atoms with Crippen molar-refractivity contribution in [2.24, 2.45) is 0 Å². The van der Waals surface area contributed by atoms with Crippen molar-refractivity contribution in [1.29, 1.82) is 0 Å². The van der Waals surface area contributed by atoms with Crippen LogP contribution in [-0.4, -0.2) is 14.1 Å². The fraction of sp³-hybridized carbons (Fsp3) is 0.167. The molecule has 2 rings (SSSR count). The van der Waals surface area contributed by atoms with Gasteiger partial charge in [-0.15, -0.1) is 0 Å². The number of alkyl halides is 2. The third-order valence-electron chi connectivity index (χ3n) is 1.49. The van der Waals surface area contributed by atoms with Gasteiger partial charge in [0.15, 0.2) is 0 Å². The zero-order valence-corrected chi connectivity index (χ0v) is 14.7. The number of benzene rings is 1. The van der Waals surface area contributed by atoms with Crippen molar-refractivity contribution in [1.82, 2.24) is 0 Å². The van der Waals surface area contributed by atoms with Gasteiger partial charge in [0.1, 0.15) is 0 Å². The minimum atomic E-state index is -1.00. The first-order valence-electron chi connectivity index (χ1n) is 4.30. The molecule has 0 radical (unpaired) electrons. The molecule has 78 valence electrons. The molecule has 0 unspecified atom stereocenters. The van der Waals surface area contributed by atoms with Crippen molar-refractivity contribution < 1.29 is 36.2 Å². The summed E-state index contributed by atoms with van der Waals surface area (Å²) in [5.74, 6) is 0. The van der Waals surface area contributed by atoms with Crippen LogP contribution in [0.4, 0.5) is 0 Å². The predicted molar refractivity (Wildman–Crippen MR) is 68.2 cm³/mol. The third-order valence-corrected chi connectivity index (χ3v) is 5.32. The van der Waals surface area contributed by atoms with Crippen LogP contribution in [0.15, 0.2) is 46.6 Å². The molecule has 1 N–H and O–H groups in total. The Bertz CT molecular complexity index is 258. The van der Waals surface area contributed by atoms with E-state index in [0.29, 0.717) is 4.61 Å². The Labute approximate surface area is 122 Å². The summed E-state index contributed by atoms with van der Waals surface area (Å²) in [6.45, 7) is 0. The van der Waals surface area contributed by atoms with Gasteiger partial charge in [0, 0.05) is 0 Å². The van der Waals surface area contributed by atoms with Gasteiger partial charge in [-0.2, -0.15) is 36.4 Å². The normalized spacial score (nSPS) is 14.9. The summed E-state index contributed by atoms with van der Waals surface area (Å²) in [6, 6.07) is 12.5. The Morgan fingerprint density at radius 1 is 1.20 bits per heavy atom. The van der Waals surface area contributed by atoms with Crippen LogP contribution in [0.3, 0.4) is 0 Å². The average Bonchev–Trinajstić information content (AvgIpc) is 2.33. The second kappa shape index (κ2) is 10.9. The Balaban J connectivity index is 0.000000253. The van der Waals surface area contributed by atoms with Crippen molar-refractivity contribution in [2.75, 3.05) is 9.04 Å². The van der Waals surface area contributed by atoms with Gasteiger partial charge >= 0.3 is 87.4 Å². The minimum absolute atomic E-state index is 0. The van der Waals surface area contributed by atoms with Gasteiger partial charge in [-0.3, -0.25) is 0 Å². The molecule has 0 aromatic heterocycles. The minimum Gasteiger partial charge on any atom is -0.184 e. The summed E-state index contributed by atoms with van der Waals surface area (Å²) in [5.41, 5.74) is 0. The molecule has 0 spiro atoms. The Morgan fingerprint density at radius 2 is 1.93 bits per heavy atom. The van der Waals surface area contributed by atoms with E-state index in [9.17, 15) is 0 Å². The van der Waals surface area contributed by atoms with Crippen LogP contribution in [0.5, 0.6) is 0 Å². The molecule has 1 aliphatic heterocycles. The van der Waals surface area contributed by atoms with Gasteiger partial charge < -0.3 is 0 Å². The molecule has 0 saturated carbocycles. The van der Waals surface area contributed by atoms with E-state index in [0.717, 1.165) is 4.43 Å². The van der Waals surface area contributed by atoms with Crippen molar-refractivity contribution >= 4 is 19.8 Å². The number of aliphatic hydroxyl groups is 1. The molecule has 1 nitrogen and oxygen atoms in total. The van der Waals surface area contributed by atoms with Crippen LogP contribution >= 0.6 is 19.8 Å². The maximum Gasteiger partial charge on any atom is 2.00 e. The van der Waals surface area contributed by atoms with Crippen molar-refractivity contribution in [3.8, 4) is 0 Å². The summed E-state index contributed by atoms with van der Waals surface area (Å²) in [6.07, 6.45) is 6.91. The molecular formula is C12H13IOU. The number of hydrogen-bond donors (Lipinski definition) is 1. The molecule has 15 heavy (non-hydrogen) atoms. The van der Waals surface area contributed by atoms with Crippen molar-refractivity contribution in [2.45, 2.75) is 0 Å². The van der Waals surface area contributed by atoms with E-state index in [1.807, 2.05) is 42.5 Å². The summed E-state index contributed by atoms with van der Waals surface area (Å²) in [7, 11) is 0. The zero-order valence-electron chi connectivity index (χ0n) is 8.36. The van der Waals surface area contributed by atoms with E-state index in [2.05, 4.69) is 16.2 Å². The molecule has 1 heterocycles. The number of rotatable bonds is 1. The second-order valence-electron chi connectivity index (χ2n) is 2.51. The molecule has 3 heteroatoms. The van der Waals surface area contributed by atoms with E-state index in [-0.39, 0.29) is 31.1 Å². The smallest absolute Gasteiger partial charge is 0.184 e. The number of aliphatic hydroxyl groups excluding tert-OH is 1. The van der Waals surface area contributed by atoms with E-state index < -0.39 is 19.8 Å². The van der Waals surface area contributed by atoms with Crippen LogP contribution in [0.2, 0.25) is 0 Å². The summed E-state index contributed by atoms with van der Waals surface area (Å²) in [4.78, 5) is 0. The van der Waals surface area contributed by atoms with Crippen LogP contribution in [0, 0.1) is 43.3 Å². The van der Waals surface area contributed by atoms with Crippen LogP contribution in [0.25, 0.3) is 0 Å². The quantitative estimate of drug-likeness (QED) is 0.332. The number of hydrogen-bond acceptors (Lipinski definition) is 1. The molecule has 0 amide bonds. The van der Waals surface area contributed by atoms with Crippen LogP contribution in [0.1, 0.15) is 0 Å². The monoisotopic (exact) mass is 538 g/mol. The van der Waals surface area contributed by atoms with Crippen molar-refractivity contribution in [3.63, 3.8) is 0 Å². The Morgan fingerprint density at radius 3 is 2.20 bits per heavy atom. The first-order chi connectivity index (χ1) is 6.93. The average molecular weight is 538 g/mol. The first kappa shape index (κ1) is 15.4. The summed E-state index contributed by atoms with van der Waals surface area (Å²) < 4.78 is 3.64. The molecule has 0 atom stereocenters.